The second-order valence-electron chi connectivity index (χ2n) is 4.39. The summed E-state index contributed by atoms with van der Waals surface area (Å²) in [7, 11) is 0. The molecule has 3 N–H and O–H groups in total. The Kier molecular flexibility index (Phi) is 5.95. The van der Waals surface area contributed by atoms with Crippen molar-refractivity contribution in [3.05, 3.63) is 22.4 Å². The molecule has 5 heteroatoms. The van der Waals surface area contributed by atoms with Crippen LogP contribution in [-0.4, -0.2) is 18.5 Å². The lowest BCUT2D eigenvalue weighted by molar-refractivity contribution is -0.124. The van der Waals surface area contributed by atoms with Crippen LogP contribution in [0, 0.1) is 5.92 Å². The Morgan fingerprint density at radius 1 is 1.53 bits per heavy atom. The second-order valence-corrected chi connectivity index (χ2v) is 5.42. The maximum atomic E-state index is 11.8. The van der Waals surface area contributed by atoms with Crippen LogP contribution in [0.3, 0.4) is 0 Å². The van der Waals surface area contributed by atoms with Gasteiger partial charge in [0.15, 0.2) is 0 Å². The number of hydrogen-bond acceptors (Lipinski definition) is 3. The fourth-order valence-electron chi connectivity index (χ4n) is 2.16. The zero-order valence-corrected chi connectivity index (χ0v) is 11.4. The SMILES string of the molecule is Cl.NC1CCC(C(=O)NCCc2cccs2)C1. The van der Waals surface area contributed by atoms with Crippen molar-refractivity contribution in [3.63, 3.8) is 0 Å². The number of carbonyl (C=O) groups is 1. The van der Waals surface area contributed by atoms with Gasteiger partial charge >= 0.3 is 0 Å². The predicted molar refractivity (Wildman–Crippen MR) is 73.6 cm³/mol. The van der Waals surface area contributed by atoms with Crippen LogP contribution < -0.4 is 11.1 Å². The number of halogens is 1. The second kappa shape index (κ2) is 6.99. The van der Waals surface area contributed by atoms with Gasteiger partial charge in [0.25, 0.3) is 0 Å². The molecule has 0 aromatic carbocycles. The number of carbonyl (C=O) groups excluding carboxylic acids is 1. The van der Waals surface area contributed by atoms with Crippen molar-refractivity contribution in [1.29, 1.82) is 0 Å². The highest BCUT2D eigenvalue weighted by atomic mass is 35.5. The smallest absolute Gasteiger partial charge is 0.223 e. The lowest BCUT2D eigenvalue weighted by Gasteiger charge is -2.10. The average molecular weight is 275 g/mol. The predicted octanol–water partition coefficient (Wildman–Crippen LogP) is 1.96. The third kappa shape index (κ3) is 4.30. The molecule has 96 valence electrons. The van der Waals surface area contributed by atoms with Crippen LogP contribution >= 0.6 is 23.7 Å². The fraction of sp³-hybridized carbons (Fsp3) is 0.583. The Balaban J connectivity index is 0.00000144. The van der Waals surface area contributed by atoms with E-state index in [0.29, 0.717) is 0 Å². The van der Waals surface area contributed by atoms with Crippen LogP contribution in [0.1, 0.15) is 24.1 Å². The van der Waals surface area contributed by atoms with E-state index in [0.717, 1.165) is 32.2 Å². The summed E-state index contributed by atoms with van der Waals surface area (Å²) in [5.41, 5.74) is 5.79. The van der Waals surface area contributed by atoms with Gasteiger partial charge in [-0.2, -0.15) is 0 Å². The molecular formula is C12H19ClN2OS. The van der Waals surface area contributed by atoms with Crippen molar-refractivity contribution >= 4 is 29.7 Å². The first-order valence-corrected chi connectivity index (χ1v) is 6.69. The lowest BCUT2D eigenvalue weighted by Crippen LogP contribution is -2.31. The van der Waals surface area contributed by atoms with Gasteiger partial charge in [0.2, 0.25) is 5.91 Å². The summed E-state index contributed by atoms with van der Waals surface area (Å²) in [6.45, 7) is 0.741. The molecule has 0 radical (unpaired) electrons. The molecule has 2 unspecified atom stereocenters. The summed E-state index contributed by atoms with van der Waals surface area (Å²) < 4.78 is 0. The van der Waals surface area contributed by atoms with Crippen molar-refractivity contribution in [2.45, 2.75) is 31.7 Å². The van der Waals surface area contributed by atoms with Crippen LogP contribution in [0.25, 0.3) is 0 Å². The Bertz CT molecular complexity index is 342. The van der Waals surface area contributed by atoms with E-state index in [1.54, 1.807) is 11.3 Å². The Morgan fingerprint density at radius 3 is 2.94 bits per heavy atom. The van der Waals surface area contributed by atoms with E-state index in [2.05, 4.69) is 16.8 Å². The zero-order valence-electron chi connectivity index (χ0n) is 9.72. The van der Waals surface area contributed by atoms with E-state index in [-0.39, 0.29) is 30.3 Å². The highest BCUT2D eigenvalue weighted by molar-refractivity contribution is 7.09. The van der Waals surface area contributed by atoms with Gasteiger partial charge in [-0.25, -0.2) is 0 Å². The highest BCUT2D eigenvalue weighted by Crippen LogP contribution is 2.23. The normalized spacial score (nSPS) is 23.1. The summed E-state index contributed by atoms with van der Waals surface area (Å²) >= 11 is 1.74. The minimum atomic E-state index is 0. The molecule has 0 spiro atoms. The van der Waals surface area contributed by atoms with Crippen LogP contribution in [0.5, 0.6) is 0 Å². The fourth-order valence-corrected chi connectivity index (χ4v) is 2.87. The highest BCUT2D eigenvalue weighted by Gasteiger charge is 2.27. The van der Waals surface area contributed by atoms with Gasteiger partial charge in [0.05, 0.1) is 0 Å². The van der Waals surface area contributed by atoms with E-state index in [4.69, 9.17) is 5.73 Å². The van der Waals surface area contributed by atoms with E-state index in [9.17, 15) is 4.79 Å². The number of amides is 1. The maximum absolute atomic E-state index is 11.8. The average Bonchev–Trinajstić information content (AvgIpc) is 2.89. The summed E-state index contributed by atoms with van der Waals surface area (Å²) in [6.07, 6.45) is 3.72. The molecule has 1 amide bonds. The molecule has 3 nitrogen and oxygen atoms in total. The Morgan fingerprint density at radius 2 is 2.35 bits per heavy atom. The minimum Gasteiger partial charge on any atom is -0.356 e. The molecule has 1 saturated carbocycles. The van der Waals surface area contributed by atoms with Crippen LogP contribution in [0.4, 0.5) is 0 Å². The van der Waals surface area contributed by atoms with Crippen molar-refractivity contribution < 1.29 is 4.79 Å². The third-order valence-corrected chi connectivity index (χ3v) is 4.03. The summed E-state index contributed by atoms with van der Waals surface area (Å²) in [5.74, 6) is 0.336. The molecule has 1 aromatic rings. The van der Waals surface area contributed by atoms with Crippen LogP contribution in [-0.2, 0) is 11.2 Å². The Hall–Kier alpha value is -0.580. The van der Waals surface area contributed by atoms with Crippen molar-refractivity contribution in [1.82, 2.24) is 5.32 Å². The zero-order chi connectivity index (χ0) is 11.4. The van der Waals surface area contributed by atoms with Crippen molar-refractivity contribution in [3.8, 4) is 0 Å². The molecule has 1 aliphatic rings. The van der Waals surface area contributed by atoms with E-state index < -0.39 is 0 Å². The number of hydrogen-bond donors (Lipinski definition) is 2. The molecule has 0 saturated heterocycles. The Labute approximate surface area is 112 Å². The quantitative estimate of drug-likeness (QED) is 0.882. The first-order chi connectivity index (χ1) is 7.75. The van der Waals surface area contributed by atoms with Gasteiger partial charge in [0, 0.05) is 23.4 Å². The summed E-state index contributed by atoms with van der Waals surface area (Å²) in [5, 5.41) is 5.06. The van der Waals surface area contributed by atoms with E-state index in [1.165, 1.54) is 4.88 Å². The molecule has 2 rings (SSSR count). The molecule has 0 bridgehead atoms. The largest absolute Gasteiger partial charge is 0.356 e. The minimum absolute atomic E-state index is 0. The van der Waals surface area contributed by atoms with Crippen LogP contribution in [0.2, 0.25) is 0 Å². The van der Waals surface area contributed by atoms with Crippen LogP contribution in [0.15, 0.2) is 17.5 Å². The number of nitrogens with one attached hydrogen (secondary N) is 1. The molecule has 1 fully saturated rings. The number of nitrogens with two attached hydrogens (primary N) is 1. The van der Waals surface area contributed by atoms with Gasteiger partial charge in [-0.3, -0.25) is 4.79 Å². The van der Waals surface area contributed by atoms with E-state index in [1.807, 2.05) is 6.07 Å². The molecule has 0 aliphatic heterocycles. The van der Waals surface area contributed by atoms with Gasteiger partial charge < -0.3 is 11.1 Å². The summed E-state index contributed by atoms with van der Waals surface area (Å²) in [4.78, 5) is 13.1. The van der Waals surface area contributed by atoms with Crippen molar-refractivity contribution in [2.75, 3.05) is 6.54 Å². The maximum Gasteiger partial charge on any atom is 0.223 e. The monoisotopic (exact) mass is 274 g/mol. The third-order valence-electron chi connectivity index (χ3n) is 3.09. The number of thiophene rings is 1. The molecule has 17 heavy (non-hydrogen) atoms. The van der Waals surface area contributed by atoms with E-state index >= 15 is 0 Å². The topological polar surface area (TPSA) is 55.1 Å². The molecule has 1 aromatic heterocycles. The molecular weight excluding hydrogens is 256 g/mol. The van der Waals surface area contributed by atoms with Crippen molar-refractivity contribution in [2.24, 2.45) is 11.7 Å². The van der Waals surface area contributed by atoms with Gasteiger partial charge in [-0.05, 0) is 37.1 Å². The molecule has 2 atom stereocenters. The first kappa shape index (κ1) is 14.5. The molecule has 1 heterocycles. The number of rotatable bonds is 4. The molecule has 1 aliphatic carbocycles. The first-order valence-electron chi connectivity index (χ1n) is 5.81. The van der Waals surface area contributed by atoms with Gasteiger partial charge in [-0.1, -0.05) is 6.07 Å². The lowest BCUT2D eigenvalue weighted by atomic mass is 10.1. The van der Waals surface area contributed by atoms with Gasteiger partial charge in [0.1, 0.15) is 0 Å². The standard InChI is InChI=1S/C12H18N2OS.ClH/c13-10-4-3-9(8-10)12(15)14-6-5-11-2-1-7-16-11;/h1-2,7,9-10H,3-6,8,13H2,(H,14,15);1H. The summed E-state index contributed by atoms with van der Waals surface area (Å²) in [6, 6.07) is 4.37. The van der Waals surface area contributed by atoms with Gasteiger partial charge in [-0.15, -0.1) is 23.7 Å².